The molecule has 18 heavy (non-hydrogen) atoms. The second kappa shape index (κ2) is 5.55. The second-order valence-corrected chi connectivity index (χ2v) is 5.50. The van der Waals surface area contributed by atoms with Crippen molar-refractivity contribution in [2.75, 3.05) is 19.8 Å². The Kier molecular flexibility index (Phi) is 4.25. The quantitative estimate of drug-likeness (QED) is 0.826. The van der Waals surface area contributed by atoms with Crippen molar-refractivity contribution in [3.05, 3.63) is 0 Å². The minimum atomic E-state index is -0.752. The molecule has 104 valence electrons. The predicted octanol–water partition coefficient (Wildman–Crippen LogP) is 1.47. The Morgan fingerprint density at radius 2 is 1.89 bits per heavy atom. The Morgan fingerprint density at radius 1 is 1.33 bits per heavy atom. The van der Waals surface area contributed by atoms with E-state index >= 15 is 0 Å². The van der Waals surface area contributed by atoms with E-state index in [-0.39, 0.29) is 18.4 Å². The first kappa shape index (κ1) is 13.8. The Morgan fingerprint density at radius 3 is 2.33 bits per heavy atom. The largest absolute Gasteiger partial charge is 0.480 e. The van der Waals surface area contributed by atoms with Gasteiger partial charge in [0.1, 0.15) is 0 Å². The van der Waals surface area contributed by atoms with E-state index in [1.165, 1.54) is 0 Å². The van der Waals surface area contributed by atoms with E-state index in [0.717, 1.165) is 25.7 Å². The fourth-order valence-corrected chi connectivity index (χ4v) is 3.05. The van der Waals surface area contributed by atoms with E-state index < -0.39 is 5.97 Å². The van der Waals surface area contributed by atoms with Gasteiger partial charge in [-0.15, -0.1) is 0 Å². The molecular formula is C13H23NO4. The molecule has 0 radical (unpaired) electrons. The number of hydrogen-bond acceptors (Lipinski definition) is 4. The van der Waals surface area contributed by atoms with Gasteiger partial charge in [-0.05, 0) is 26.7 Å². The molecule has 0 aromatic heterocycles. The topological polar surface area (TPSA) is 59.0 Å². The molecule has 0 aromatic carbocycles. The summed E-state index contributed by atoms with van der Waals surface area (Å²) in [6.07, 6.45) is 3.65. The van der Waals surface area contributed by atoms with Crippen molar-refractivity contribution < 1.29 is 19.4 Å². The summed E-state index contributed by atoms with van der Waals surface area (Å²) in [5, 5.41) is 8.98. The van der Waals surface area contributed by atoms with E-state index in [4.69, 9.17) is 14.6 Å². The van der Waals surface area contributed by atoms with Gasteiger partial charge in [0.15, 0.2) is 5.79 Å². The van der Waals surface area contributed by atoms with E-state index in [9.17, 15) is 4.79 Å². The molecule has 1 N–H and O–H groups in total. The Bertz CT molecular complexity index is 289. The van der Waals surface area contributed by atoms with Crippen molar-refractivity contribution in [3.8, 4) is 0 Å². The summed E-state index contributed by atoms with van der Waals surface area (Å²) in [7, 11) is 0. The zero-order valence-electron chi connectivity index (χ0n) is 11.2. The normalized spacial score (nSPS) is 24.2. The first-order valence-electron chi connectivity index (χ1n) is 6.78. The maximum absolute atomic E-state index is 10.9. The van der Waals surface area contributed by atoms with Crippen molar-refractivity contribution >= 4 is 5.97 Å². The lowest BCUT2D eigenvalue weighted by atomic mass is 9.88. The third kappa shape index (κ3) is 3.02. The summed E-state index contributed by atoms with van der Waals surface area (Å²) in [5.41, 5.74) is 0. The monoisotopic (exact) mass is 257 g/mol. The lowest BCUT2D eigenvalue weighted by molar-refractivity contribution is -0.185. The van der Waals surface area contributed by atoms with Crippen LogP contribution >= 0.6 is 0 Å². The van der Waals surface area contributed by atoms with Crippen LogP contribution in [0.3, 0.4) is 0 Å². The minimum absolute atomic E-state index is 0.122. The van der Waals surface area contributed by atoms with Crippen LogP contribution in [0.2, 0.25) is 0 Å². The third-order valence-electron chi connectivity index (χ3n) is 3.98. The minimum Gasteiger partial charge on any atom is -0.480 e. The fraction of sp³-hybridized carbons (Fsp3) is 0.923. The SMILES string of the molecule is CC(C)N(CC(=O)O)C1CCC2(CC1)OCCO2. The van der Waals surface area contributed by atoms with E-state index in [1.54, 1.807) is 0 Å². The molecule has 0 amide bonds. The summed E-state index contributed by atoms with van der Waals surface area (Å²) in [6.45, 7) is 5.60. The summed E-state index contributed by atoms with van der Waals surface area (Å²) in [5.74, 6) is -1.11. The standard InChI is InChI=1S/C13H23NO4/c1-10(2)14(9-12(15)16)11-3-5-13(6-4-11)17-7-8-18-13/h10-11H,3-9H2,1-2H3,(H,15,16). The summed E-state index contributed by atoms with van der Waals surface area (Å²) in [6, 6.07) is 0.588. The van der Waals surface area contributed by atoms with Crippen LogP contribution in [0.4, 0.5) is 0 Å². The fourth-order valence-electron chi connectivity index (χ4n) is 3.05. The predicted molar refractivity (Wildman–Crippen MR) is 66.4 cm³/mol. The van der Waals surface area contributed by atoms with Gasteiger partial charge in [-0.25, -0.2) is 0 Å². The molecular weight excluding hydrogens is 234 g/mol. The summed E-state index contributed by atoms with van der Waals surface area (Å²) in [4.78, 5) is 13.0. The van der Waals surface area contributed by atoms with Crippen LogP contribution in [0.1, 0.15) is 39.5 Å². The maximum Gasteiger partial charge on any atom is 0.317 e. The van der Waals surface area contributed by atoms with Gasteiger partial charge in [-0.1, -0.05) is 0 Å². The number of rotatable bonds is 4. The first-order valence-corrected chi connectivity index (χ1v) is 6.78. The molecule has 1 heterocycles. The van der Waals surface area contributed by atoms with E-state index in [1.807, 2.05) is 0 Å². The van der Waals surface area contributed by atoms with Crippen LogP contribution in [0.25, 0.3) is 0 Å². The van der Waals surface area contributed by atoms with Crippen molar-refractivity contribution in [1.82, 2.24) is 4.90 Å². The Hall–Kier alpha value is -0.650. The van der Waals surface area contributed by atoms with Gasteiger partial charge in [0.05, 0.1) is 19.8 Å². The second-order valence-electron chi connectivity index (χ2n) is 5.50. The van der Waals surface area contributed by atoms with Crippen LogP contribution in [0.5, 0.6) is 0 Å². The van der Waals surface area contributed by atoms with Gasteiger partial charge in [-0.3, -0.25) is 9.69 Å². The van der Waals surface area contributed by atoms with Crippen molar-refractivity contribution in [2.24, 2.45) is 0 Å². The molecule has 1 saturated carbocycles. The van der Waals surface area contributed by atoms with Crippen LogP contribution < -0.4 is 0 Å². The summed E-state index contributed by atoms with van der Waals surface area (Å²) >= 11 is 0. The smallest absolute Gasteiger partial charge is 0.317 e. The highest BCUT2D eigenvalue weighted by Gasteiger charge is 2.42. The zero-order valence-corrected chi connectivity index (χ0v) is 11.2. The van der Waals surface area contributed by atoms with Crippen LogP contribution in [-0.2, 0) is 14.3 Å². The molecule has 1 saturated heterocycles. The molecule has 1 aliphatic heterocycles. The van der Waals surface area contributed by atoms with Crippen LogP contribution in [0.15, 0.2) is 0 Å². The van der Waals surface area contributed by atoms with Gasteiger partial charge >= 0.3 is 5.97 Å². The Labute approximate surface area is 108 Å². The zero-order chi connectivity index (χ0) is 13.2. The highest BCUT2D eigenvalue weighted by atomic mass is 16.7. The van der Waals surface area contributed by atoms with Gasteiger partial charge in [-0.2, -0.15) is 0 Å². The van der Waals surface area contributed by atoms with Crippen LogP contribution in [-0.4, -0.2) is 53.6 Å². The average Bonchev–Trinajstić information content (AvgIpc) is 2.75. The van der Waals surface area contributed by atoms with Crippen molar-refractivity contribution in [2.45, 2.75) is 57.4 Å². The number of carboxylic acid groups (broad SMARTS) is 1. The lowest BCUT2D eigenvalue weighted by Crippen LogP contribution is -2.48. The van der Waals surface area contributed by atoms with Crippen molar-refractivity contribution in [3.63, 3.8) is 0 Å². The highest BCUT2D eigenvalue weighted by molar-refractivity contribution is 5.69. The number of ether oxygens (including phenoxy) is 2. The Balaban J connectivity index is 1.92. The number of carboxylic acids is 1. The molecule has 0 unspecified atom stereocenters. The van der Waals surface area contributed by atoms with E-state index in [2.05, 4.69) is 18.7 Å². The third-order valence-corrected chi connectivity index (χ3v) is 3.98. The molecule has 2 rings (SSSR count). The first-order chi connectivity index (χ1) is 8.52. The number of carbonyl (C=O) groups is 1. The van der Waals surface area contributed by atoms with Gasteiger partial charge in [0, 0.05) is 24.9 Å². The van der Waals surface area contributed by atoms with Gasteiger partial charge in [0.25, 0.3) is 0 Å². The molecule has 5 nitrogen and oxygen atoms in total. The number of nitrogens with zero attached hydrogens (tertiary/aromatic N) is 1. The number of hydrogen-bond donors (Lipinski definition) is 1. The molecule has 5 heteroatoms. The molecule has 0 atom stereocenters. The van der Waals surface area contributed by atoms with E-state index in [0.29, 0.717) is 19.3 Å². The molecule has 1 spiro atoms. The van der Waals surface area contributed by atoms with Gasteiger partial charge < -0.3 is 14.6 Å². The molecule has 1 aliphatic carbocycles. The molecule has 2 aliphatic rings. The lowest BCUT2D eigenvalue weighted by Gasteiger charge is -2.41. The average molecular weight is 257 g/mol. The molecule has 0 aromatic rings. The highest BCUT2D eigenvalue weighted by Crippen LogP contribution is 2.37. The van der Waals surface area contributed by atoms with Crippen molar-refractivity contribution in [1.29, 1.82) is 0 Å². The molecule has 2 fully saturated rings. The molecule has 0 bridgehead atoms. The van der Waals surface area contributed by atoms with Crippen LogP contribution in [0, 0.1) is 0 Å². The maximum atomic E-state index is 10.9. The number of aliphatic carboxylic acids is 1. The van der Waals surface area contributed by atoms with Gasteiger partial charge in [0.2, 0.25) is 0 Å². The summed E-state index contributed by atoms with van der Waals surface area (Å²) < 4.78 is 11.4.